The topological polar surface area (TPSA) is 48.5 Å². The van der Waals surface area contributed by atoms with E-state index in [0.29, 0.717) is 5.92 Å². The van der Waals surface area contributed by atoms with Crippen LogP contribution in [-0.2, 0) is 6.54 Å². The molecule has 0 aliphatic carbocycles. The lowest BCUT2D eigenvalue weighted by Gasteiger charge is -2.33. The van der Waals surface area contributed by atoms with Crippen molar-refractivity contribution in [2.24, 2.45) is 5.92 Å². The van der Waals surface area contributed by atoms with Crippen LogP contribution >= 0.6 is 0 Å². The summed E-state index contributed by atoms with van der Waals surface area (Å²) in [6, 6.07) is 14.5. The molecule has 0 saturated carbocycles. The Morgan fingerprint density at radius 2 is 1.96 bits per heavy atom. The Balaban J connectivity index is 1.40. The van der Waals surface area contributed by atoms with Gasteiger partial charge in [0.15, 0.2) is 0 Å². The van der Waals surface area contributed by atoms with Crippen LogP contribution in [0.1, 0.15) is 36.9 Å². The van der Waals surface area contributed by atoms with Crippen molar-refractivity contribution in [2.75, 3.05) is 26.7 Å². The molecular formula is C22H30N4O. The van der Waals surface area contributed by atoms with Gasteiger partial charge in [-0.3, -0.25) is 9.88 Å². The third-order valence-corrected chi connectivity index (χ3v) is 5.57. The maximum absolute atomic E-state index is 12.5. The zero-order chi connectivity index (χ0) is 19.1. The summed E-state index contributed by atoms with van der Waals surface area (Å²) in [4.78, 5) is 20.9. The Morgan fingerprint density at radius 3 is 2.63 bits per heavy atom. The van der Waals surface area contributed by atoms with Crippen LogP contribution in [0.5, 0.6) is 0 Å². The predicted octanol–water partition coefficient (Wildman–Crippen LogP) is 3.70. The van der Waals surface area contributed by atoms with Crippen molar-refractivity contribution in [3.05, 3.63) is 66.0 Å². The Labute approximate surface area is 162 Å². The number of nitrogens with one attached hydrogen (secondary N) is 1. The first-order chi connectivity index (χ1) is 13.1. The number of hydrogen-bond acceptors (Lipinski definition) is 3. The molecule has 2 aromatic rings. The minimum Gasteiger partial charge on any atom is -0.338 e. The molecule has 5 heteroatoms. The number of carbonyl (C=O) groups excluding carboxylic acids is 1. The monoisotopic (exact) mass is 366 g/mol. The van der Waals surface area contributed by atoms with Crippen LogP contribution in [0, 0.1) is 5.92 Å². The van der Waals surface area contributed by atoms with E-state index in [1.807, 2.05) is 32.3 Å². The van der Waals surface area contributed by atoms with Gasteiger partial charge < -0.3 is 10.2 Å². The number of hydrogen-bond donors (Lipinski definition) is 1. The molecule has 0 spiro atoms. The van der Waals surface area contributed by atoms with Gasteiger partial charge in [0.1, 0.15) is 0 Å². The largest absolute Gasteiger partial charge is 0.338 e. The maximum atomic E-state index is 12.5. The van der Waals surface area contributed by atoms with Crippen LogP contribution in [0.15, 0.2) is 54.9 Å². The Hall–Kier alpha value is -2.40. The van der Waals surface area contributed by atoms with Crippen molar-refractivity contribution in [1.29, 1.82) is 0 Å². The van der Waals surface area contributed by atoms with Gasteiger partial charge in [0.05, 0.1) is 6.04 Å². The summed E-state index contributed by atoms with van der Waals surface area (Å²) in [5, 5.41) is 3.12. The van der Waals surface area contributed by atoms with Crippen molar-refractivity contribution < 1.29 is 4.79 Å². The van der Waals surface area contributed by atoms with Crippen LogP contribution in [0.3, 0.4) is 0 Å². The maximum Gasteiger partial charge on any atom is 0.317 e. The van der Waals surface area contributed by atoms with Crippen LogP contribution in [0.25, 0.3) is 0 Å². The normalized spacial score (nSPS) is 16.7. The molecule has 0 unspecified atom stereocenters. The number of pyridine rings is 1. The highest BCUT2D eigenvalue weighted by Crippen LogP contribution is 2.20. The first-order valence-corrected chi connectivity index (χ1v) is 9.80. The average Bonchev–Trinajstić information content (AvgIpc) is 2.73. The van der Waals surface area contributed by atoms with Gasteiger partial charge in [0.25, 0.3) is 0 Å². The van der Waals surface area contributed by atoms with E-state index in [4.69, 9.17) is 0 Å². The zero-order valence-corrected chi connectivity index (χ0v) is 16.3. The number of nitrogens with zero attached hydrogens (tertiary/aromatic N) is 3. The fraction of sp³-hybridized carbons (Fsp3) is 0.455. The lowest BCUT2D eigenvalue weighted by molar-refractivity contribution is 0.167. The van der Waals surface area contributed by atoms with E-state index >= 15 is 0 Å². The molecule has 1 aromatic carbocycles. The van der Waals surface area contributed by atoms with Gasteiger partial charge >= 0.3 is 6.03 Å². The second-order valence-corrected chi connectivity index (χ2v) is 7.46. The number of likely N-dealkylation sites (tertiary alicyclic amines) is 1. The summed E-state index contributed by atoms with van der Waals surface area (Å²) < 4.78 is 0. The first-order valence-electron chi connectivity index (χ1n) is 9.80. The van der Waals surface area contributed by atoms with Gasteiger partial charge in [-0.25, -0.2) is 4.79 Å². The van der Waals surface area contributed by atoms with Gasteiger partial charge in [0.2, 0.25) is 0 Å². The number of carbonyl (C=O) groups is 1. The molecular weight excluding hydrogens is 336 g/mol. The highest BCUT2D eigenvalue weighted by molar-refractivity contribution is 5.74. The molecule has 27 heavy (non-hydrogen) atoms. The van der Waals surface area contributed by atoms with Crippen LogP contribution < -0.4 is 5.32 Å². The number of aromatic nitrogens is 1. The third-order valence-electron chi connectivity index (χ3n) is 5.57. The van der Waals surface area contributed by atoms with E-state index in [-0.39, 0.29) is 12.1 Å². The summed E-state index contributed by atoms with van der Waals surface area (Å²) in [6.07, 6.45) is 5.83. The summed E-state index contributed by atoms with van der Waals surface area (Å²) >= 11 is 0. The van der Waals surface area contributed by atoms with E-state index in [0.717, 1.165) is 44.6 Å². The number of rotatable bonds is 6. The van der Waals surface area contributed by atoms with Crippen molar-refractivity contribution in [3.8, 4) is 0 Å². The molecule has 1 aromatic heterocycles. The molecule has 144 valence electrons. The van der Waals surface area contributed by atoms with Crippen LogP contribution in [0.4, 0.5) is 4.79 Å². The van der Waals surface area contributed by atoms with Crippen LogP contribution in [-0.4, -0.2) is 47.5 Å². The SMILES string of the molecule is C[C@@H](c1cccnc1)N(C)C(=O)NCC1CCN(Cc2ccccc2)CC1. The molecule has 2 amide bonds. The summed E-state index contributed by atoms with van der Waals surface area (Å²) in [7, 11) is 1.84. The van der Waals surface area contributed by atoms with Crippen molar-refractivity contribution in [2.45, 2.75) is 32.4 Å². The highest BCUT2D eigenvalue weighted by atomic mass is 16.2. The number of urea groups is 1. The first kappa shape index (κ1) is 19.4. The molecule has 0 radical (unpaired) electrons. The predicted molar refractivity (Wildman–Crippen MR) is 108 cm³/mol. The van der Waals surface area contributed by atoms with Gasteiger partial charge in [-0.1, -0.05) is 36.4 Å². The number of benzene rings is 1. The minimum absolute atomic E-state index is 0.00594. The number of amides is 2. The molecule has 2 heterocycles. The van der Waals surface area contributed by atoms with Gasteiger partial charge in [0, 0.05) is 32.5 Å². The molecule has 5 nitrogen and oxygen atoms in total. The molecule has 1 atom stereocenters. The second-order valence-electron chi connectivity index (χ2n) is 7.46. The Morgan fingerprint density at radius 1 is 1.22 bits per heavy atom. The van der Waals surface area contributed by atoms with Crippen molar-refractivity contribution in [1.82, 2.24) is 20.1 Å². The molecule has 1 fully saturated rings. The van der Waals surface area contributed by atoms with Crippen LogP contribution in [0.2, 0.25) is 0 Å². The molecule has 1 saturated heterocycles. The van der Waals surface area contributed by atoms with Gasteiger partial charge in [-0.2, -0.15) is 0 Å². The summed E-state index contributed by atoms with van der Waals surface area (Å²) in [6.45, 7) is 5.99. The third kappa shape index (κ3) is 5.54. The fourth-order valence-electron chi connectivity index (χ4n) is 3.57. The quantitative estimate of drug-likeness (QED) is 0.848. The highest BCUT2D eigenvalue weighted by Gasteiger charge is 2.22. The zero-order valence-electron chi connectivity index (χ0n) is 16.3. The lowest BCUT2D eigenvalue weighted by atomic mass is 9.96. The second kappa shape index (κ2) is 9.51. The molecule has 1 aliphatic heterocycles. The van der Waals surface area contributed by atoms with Crippen molar-refractivity contribution >= 4 is 6.03 Å². The number of piperidine rings is 1. The van der Waals surface area contributed by atoms with E-state index < -0.39 is 0 Å². The Kier molecular flexibility index (Phi) is 6.82. The van der Waals surface area contributed by atoms with Crippen molar-refractivity contribution in [3.63, 3.8) is 0 Å². The van der Waals surface area contributed by atoms with E-state index in [1.54, 1.807) is 11.1 Å². The van der Waals surface area contributed by atoms with Gasteiger partial charge in [-0.05, 0) is 56.0 Å². The minimum atomic E-state index is -0.0157. The smallest absolute Gasteiger partial charge is 0.317 e. The summed E-state index contributed by atoms with van der Waals surface area (Å²) in [5.41, 5.74) is 2.42. The summed E-state index contributed by atoms with van der Waals surface area (Å²) in [5.74, 6) is 0.558. The lowest BCUT2D eigenvalue weighted by Crippen LogP contribution is -2.43. The van der Waals surface area contributed by atoms with Gasteiger partial charge in [-0.15, -0.1) is 0 Å². The Bertz CT molecular complexity index is 699. The molecule has 3 rings (SSSR count). The van der Waals surface area contributed by atoms with E-state index in [9.17, 15) is 4.79 Å². The van der Waals surface area contributed by atoms with E-state index in [2.05, 4.69) is 45.5 Å². The van der Waals surface area contributed by atoms with E-state index in [1.165, 1.54) is 5.56 Å². The standard InChI is InChI=1S/C22H30N4O/c1-18(21-9-6-12-23-16-21)25(2)22(27)24-15-19-10-13-26(14-11-19)17-20-7-4-3-5-8-20/h3-9,12,16,18-19H,10-11,13-15,17H2,1-2H3,(H,24,27)/t18-/m0/s1. The molecule has 1 aliphatic rings. The molecule has 0 bridgehead atoms. The molecule has 1 N–H and O–H groups in total. The fourth-order valence-corrected chi connectivity index (χ4v) is 3.57. The average molecular weight is 367 g/mol.